The monoisotopic (exact) mass is 378 g/mol. The molecule has 4 atom stereocenters. The molecule has 2 fully saturated rings. The molecule has 0 heterocycles. The maximum atomic E-state index is 2.59. The first-order chi connectivity index (χ1) is 13.0. The average Bonchev–Trinajstić information content (AvgIpc) is 3.05. The molecule has 0 N–H and O–H groups in total. The Labute approximate surface area is 174 Å². The molecule has 0 aromatic rings. The summed E-state index contributed by atoms with van der Waals surface area (Å²) in [5, 5.41) is 0. The van der Waals surface area contributed by atoms with E-state index in [4.69, 9.17) is 0 Å². The van der Waals surface area contributed by atoms with E-state index in [-0.39, 0.29) is 0 Å². The fraction of sp³-hybridized carbons (Fsp3) is 0.714. The molecule has 0 amide bonds. The molecular weight excluding hydrogens is 336 g/mol. The highest BCUT2D eigenvalue weighted by atomic mass is 14.5. The predicted octanol–water partition coefficient (Wildman–Crippen LogP) is 8.42. The van der Waals surface area contributed by atoms with Crippen LogP contribution in [0.2, 0.25) is 0 Å². The quantitative estimate of drug-likeness (QED) is 0.462. The Morgan fingerprint density at radius 2 is 1.07 bits per heavy atom. The lowest BCUT2D eigenvalue weighted by Gasteiger charge is -2.35. The molecule has 4 aliphatic rings. The van der Waals surface area contributed by atoms with Gasteiger partial charge in [-0.25, -0.2) is 0 Å². The van der Waals surface area contributed by atoms with Crippen LogP contribution in [0, 0.1) is 33.5 Å². The molecular formula is C28H42. The summed E-state index contributed by atoms with van der Waals surface area (Å²) in [6, 6.07) is 0. The molecule has 0 heteroatoms. The summed E-state index contributed by atoms with van der Waals surface area (Å²) < 4.78 is 0. The highest BCUT2D eigenvalue weighted by Gasteiger charge is 2.48. The summed E-state index contributed by atoms with van der Waals surface area (Å²) in [6.45, 7) is 15.1. The smallest absolute Gasteiger partial charge is 0.0140 e. The number of allylic oxidation sites excluding steroid dienone is 8. The molecule has 4 aliphatic carbocycles. The van der Waals surface area contributed by atoms with Gasteiger partial charge in [-0.3, -0.25) is 0 Å². The van der Waals surface area contributed by atoms with Gasteiger partial charge in [-0.2, -0.15) is 0 Å². The van der Waals surface area contributed by atoms with Crippen molar-refractivity contribution in [1.82, 2.24) is 0 Å². The van der Waals surface area contributed by atoms with Crippen molar-refractivity contribution in [3.05, 3.63) is 47.6 Å². The lowest BCUT2D eigenvalue weighted by Crippen LogP contribution is -2.25. The van der Waals surface area contributed by atoms with Crippen LogP contribution in [0.3, 0.4) is 0 Å². The zero-order chi connectivity index (χ0) is 20.2. The second kappa shape index (κ2) is 6.75. The molecule has 2 saturated carbocycles. The van der Waals surface area contributed by atoms with Crippen LogP contribution < -0.4 is 0 Å². The van der Waals surface area contributed by atoms with Gasteiger partial charge in [0.25, 0.3) is 0 Å². The molecule has 0 radical (unpaired) electrons. The van der Waals surface area contributed by atoms with Crippen molar-refractivity contribution in [2.24, 2.45) is 33.5 Å². The van der Waals surface area contributed by atoms with Crippen molar-refractivity contribution >= 4 is 0 Å². The molecule has 0 saturated heterocycles. The van der Waals surface area contributed by atoms with Crippen LogP contribution in [-0.2, 0) is 0 Å². The Bertz CT molecular complexity index is 676. The van der Waals surface area contributed by atoms with E-state index in [0.29, 0.717) is 21.7 Å². The Morgan fingerprint density at radius 1 is 0.679 bits per heavy atom. The third-order valence-electron chi connectivity index (χ3n) is 8.95. The molecule has 0 aromatic carbocycles. The summed E-state index contributed by atoms with van der Waals surface area (Å²) in [5.74, 6) is 1.56. The summed E-state index contributed by atoms with van der Waals surface area (Å²) >= 11 is 0. The zero-order valence-electron chi connectivity index (χ0n) is 19.3. The molecule has 0 nitrogen and oxygen atoms in total. The molecule has 28 heavy (non-hydrogen) atoms. The van der Waals surface area contributed by atoms with E-state index in [0.717, 1.165) is 11.8 Å². The van der Waals surface area contributed by atoms with Gasteiger partial charge in [0.1, 0.15) is 0 Å². The van der Waals surface area contributed by atoms with Gasteiger partial charge in [0.15, 0.2) is 0 Å². The van der Waals surface area contributed by atoms with E-state index in [1.165, 1.54) is 51.4 Å². The van der Waals surface area contributed by atoms with E-state index in [9.17, 15) is 0 Å². The fourth-order valence-electron chi connectivity index (χ4n) is 6.93. The molecule has 0 aromatic heterocycles. The largest absolute Gasteiger partial charge is 0.0840 e. The van der Waals surface area contributed by atoms with E-state index in [1.807, 2.05) is 0 Å². The molecule has 4 unspecified atom stereocenters. The number of hydrogen-bond acceptors (Lipinski definition) is 0. The van der Waals surface area contributed by atoms with Gasteiger partial charge in [0.2, 0.25) is 0 Å². The van der Waals surface area contributed by atoms with Crippen LogP contribution in [0.25, 0.3) is 0 Å². The number of fused-ring (bicyclic) bond motifs is 2. The van der Waals surface area contributed by atoms with Crippen molar-refractivity contribution in [3.63, 3.8) is 0 Å². The second-order valence-corrected chi connectivity index (χ2v) is 12.7. The van der Waals surface area contributed by atoms with E-state index < -0.39 is 0 Å². The minimum atomic E-state index is 0.419. The summed E-state index contributed by atoms with van der Waals surface area (Å²) in [7, 11) is 0. The third kappa shape index (κ3) is 3.73. The van der Waals surface area contributed by atoms with Crippen LogP contribution >= 0.6 is 0 Å². The Morgan fingerprint density at radius 3 is 1.46 bits per heavy atom. The highest BCUT2D eigenvalue weighted by Crippen LogP contribution is 2.60. The first-order valence-corrected chi connectivity index (χ1v) is 11.7. The van der Waals surface area contributed by atoms with Gasteiger partial charge in [-0.1, -0.05) is 89.1 Å². The molecule has 4 rings (SSSR count). The summed E-state index contributed by atoms with van der Waals surface area (Å²) in [5.41, 5.74) is 5.30. The van der Waals surface area contributed by atoms with Crippen molar-refractivity contribution < 1.29 is 0 Å². The van der Waals surface area contributed by atoms with Gasteiger partial charge in [0, 0.05) is 0 Å². The molecule has 0 aliphatic heterocycles. The van der Waals surface area contributed by atoms with Crippen molar-refractivity contribution in [2.45, 2.75) is 92.9 Å². The zero-order valence-corrected chi connectivity index (χ0v) is 19.3. The number of rotatable bonds is 3. The fourth-order valence-corrected chi connectivity index (χ4v) is 6.93. The minimum Gasteiger partial charge on any atom is -0.0840 e. The van der Waals surface area contributed by atoms with Gasteiger partial charge >= 0.3 is 0 Å². The van der Waals surface area contributed by atoms with Gasteiger partial charge < -0.3 is 0 Å². The second-order valence-electron chi connectivity index (χ2n) is 12.7. The SMILES string of the molecule is CC1(CCC2(C)CC3=CC=CCC(C)(C)C3C2)CC2=CC=CCC(C)(C)C2C1. The summed E-state index contributed by atoms with van der Waals surface area (Å²) in [6.07, 6.45) is 25.0. The van der Waals surface area contributed by atoms with E-state index in [2.05, 4.69) is 78.0 Å². The van der Waals surface area contributed by atoms with Gasteiger partial charge in [0.05, 0.1) is 0 Å². The normalized spacial score (nSPS) is 40.9. The molecule has 0 spiro atoms. The van der Waals surface area contributed by atoms with Gasteiger partial charge in [-0.05, 0) is 84.9 Å². The molecule has 154 valence electrons. The Kier molecular flexibility index (Phi) is 4.88. The van der Waals surface area contributed by atoms with Crippen LogP contribution in [0.15, 0.2) is 47.6 Å². The van der Waals surface area contributed by atoms with Gasteiger partial charge in [-0.15, -0.1) is 0 Å². The Balaban J connectivity index is 1.46. The van der Waals surface area contributed by atoms with Crippen molar-refractivity contribution in [3.8, 4) is 0 Å². The maximum Gasteiger partial charge on any atom is -0.0140 e. The Hall–Kier alpha value is -1.04. The predicted molar refractivity (Wildman–Crippen MR) is 122 cm³/mol. The lowest BCUT2D eigenvalue weighted by molar-refractivity contribution is 0.161. The van der Waals surface area contributed by atoms with Crippen molar-refractivity contribution in [2.75, 3.05) is 0 Å². The third-order valence-corrected chi connectivity index (χ3v) is 8.95. The summed E-state index contributed by atoms with van der Waals surface area (Å²) in [4.78, 5) is 0. The van der Waals surface area contributed by atoms with E-state index >= 15 is 0 Å². The van der Waals surface area contributed by atoms with Crippen LogP contribution in [-0.4, -0.2) is 0 Å². The van der Waals surface area contributed by atoms with E-state index in [1.54, 1.807) is 11.1 Å². The van der Waals surface area contributed by atoms with Crippen molar-refractivity contribution in [1.29, 1.82) is 0 Å². The standard InChI is InChI=1S/C28H42/c1-25(2)13-9-7-11-21-17-27(5,19-23(21)25)15-16-28(6)18-22-12-8-10-14-26(3,4)24(22)20-28/h7-12,23-24H,13-20H2,1-6H3. The highest BCUT2D eigenvalue weighted by molar-refractivity contribution is 5.28. The minimum absolute atomic E-state index is 0.419. The first kappa shape index (κ1) is 20.2. The number of hydrogen-bond donors (Lipinski definition) is 0. The van der Waals surface area contributed by atoms with Crippen LogP contribution in [0.4, 0.5) is 0 Å². The van der Waals surface area contributed by atoms with Crippen LogP contribution in [0.1, 0.15) is 92.9 Å². The van der Waals surface area contributed by atoms with Crippen LogP contribution in [0.5, 0.6) is 0 Å². The topological polar surface area (TPSA) is 0 Å². The first-order valence-electron chi connectivity index (χ1n) is 11.7. The molecule has 0 bridgehead atoms. The average molecular weight is 379 g/mol. The maximum absolute atomic E-state index is 2.59. The lowest BCUT2D eigenvalue weighted by atomic mass is 9.70.